The standard InChI is InChI=1S/C16H32N2O2/c1-12(2)18(11-14(4)19)16(20)17-13(3)9-10-15-7-5-6-8-15/h12-15,19H,5-11H2,1-4H3,(H,17,20). The summed E-state index contributed by atoms with van der Waals surface area (Å²) in [4.78, 5) is 13.9. The third-order valence-electron chi connectivity index (χ3n) is 4.20. The molecule has 118 valence electrons. The summed E-state index contributed by atoms with van der Waals surface area (Å²) in [5.74, 6) is 0.869. The fraction of sp³-hybridized carbons (Fsp3) is 0.938. The van der Waals surface area contributed by atoms with Gasteiger partial charge < -0.3 is 15.3 Å². The third-order valence-corrected chi connectivity index (χ3v) is 4.20. The zero-order valence-corrected chi connectivity index (χ0v) is 13.6. The molecule has 0 saturated heterocycles. The molecule has 0 aromatic rings. The van der Waals surface area contributed by atoms with Gasteiger partial charge in [-0.2, -0.15) is 0 Å². The lowest BCUT2D eigenvalue weighted by Crippen LogP contribution is -2.49. The van der Waals surface area contributed by atoms with E-state index in [1.54, 1.807) is 11.8 Å². The van der Waals surface area contributed by atoms with Crippen molar-refractivity contribution in [1.82, 2.24) is 10.2 Å². The van der Waals surface area contributed by atoms with Gasteiger partial charge in [0.2, 0.25) is 0 Å². The Kier molecular flexibility index (Phi) is 7.35. The first-order valence-corrected chi connectivity index (χ1v) is 8.15. The second-order valence-electron chi connectivity index (χ2n) is 6.67. The van der Waals surface area contributed by atoms with Gasteiger partial charge in [-0.1, -0.05) is 25.7 Å². The number of urea groups is 1. The van der Waals surface area contributed by atoms with E-state index in [4.69, 9.17) is 0 Å². The maximum absolute atomic E-state index is 12.2. The smallest absolute Gasteiger partial charge is 0.317 e. The van der Waals surface area contributed by atoms with Crippen LogP contribution in [0, 0.1) is 5.92 Å². The summed E-state index contributed by atoms with van der Waals surface area (Å²) in [7, 11) is 0. The first-order valence-electron chi connectivity index (χ1n) is 8.15. The third kappa shape index (κ3) is 6.12. The van der Waals surface area contributed by atoms with Crippen LogP contribution in [0.25, 0.3) is 0 Å². The highest BCUT2D eigenvalue weighted by Gasteiger charge is 2.21. The fourth-order valence-corrected chi connectivity index (χ4v) is 2.96. The molecule has 2 N–H and O–H groups in total. The second kappa shape index (κ2) is 8.50. The molecule has 0 spiro atoms. The molecule has 1 aliphatic rings. The van der Waals surface area contributed by atoms with Crippen LogP contribution in [0.2, 0.25) is 0 Å². The number of hydrogen-bond donors (Lipinski definition) is 2. The van der Waals surface area contributed by atoms with Crippen molar-refractivity contribution >= 4 is 6.03 Å². The minimum Gasteiger partial charge on any atom is -0.392 e. The Bertz CT molecular complexity index is 286. The Morgan fingerprint density at radius 3 is 2.35 bits per heavy atom. The highest BCUT2D eigenvalue weighted by atomic mass is 16.3. The quantitative estimate of drug-likeness (QED) is 0.754. The van der Waals surface area contributed by atoms with Crippen LogP contribution in [0.3, 0.4) is 0 Å². The van der Waals surface area contributed by atoms with Gasteiger partial charge in [-0.3, -0.25) is 0 Å². The summed E-state index contributed by atoms with van der Waals surface area (Å²) in [5, 5.41) is 12.5. The van der Waals surface area contributed by atoms with E-state index in [2.05, 4.69) is 12.2 Å². The maximum atomic E-state index is 12.2. The summed E-state index contributed by atoms with van der Waals surface area (Å²) in [6.45, 7) is 8.13. The molecule has 0 radical (unpaired) electrons. The van der Waals surface area contributed by atoms with Crippen LogP contribution in [0.1, 0.15) is 66.2 Å². The number of carbonyl (C=O) groups excluding carboxylic acids is 1. The molecule has 4 heteroatoms. The molecule has 2 amide bonds. The Labute approximate surface area is 123 Å². The van der Waals surface area contributed by atoms with Crippen molar-refractivity contribution in [3.05, 3.63) is 0 Å². The van der Waals surface area contributed by atoms with E-state index in [1.807, 2.05) is 13.8 Å². The number of rotatable bonds is 7. The Morgan fingerprint density at radius 1 is 1.25 bits per heavy atom. The molecule has 0 aliphatic heterocycles. The Balaban J connectivity index is 2.33. The molecule has 2 atom stereocenters. The van der Waals surface area contributed by atoms with Crippen molar-refractivity contribution in [3.8, 4) is 0 Å². The normalized spacial score (nSPS) is 19.1. The maximum Gasteiger partial charge on any atom is 0.317 e. The van der Waals surface area contributed by atoms with E-state index in [-0.39, 0.29) is 18.1 Å². The lowest BCUT2D eigenvalue weighted by Gasteiger charge is -2.29. The lowest BCUT2D eigenvalue weighted by atomic mass is 9.99. The SMILES string of the molecule is CC(O)CN(C(=O)NC(C)CCC1CCCC1)C(C)C. The Hall–Kier alpha value is -0.770. The van der Waals surface area contributed by atoms with E-state index in [0.29, 0.717) is 6.54 Å². The predicted molar refractivity (Wildman–Crippen MR) is 82.7 cm³/mol. The molecule has 1 rings (SSSR count). The minimum atomic E-state index is -0.489. The van der Waals surface area contributed by atoms with Crippen LogP contribution in [0.15, 0.2) is 0 Å². The van der Waals surface area contributed by atoms with Crippen LogP contribution in [-0.4, -0.2) is 40.8 Å². The number of aliphatic hydroxyl groups excluding tert-OH is 1. The largest absolute Gasteiger partial charge is 0.392 e. The average Bonchev–Trinajstić information content (AvgIpc) is 2.85. The van der Waals surface area contributed by atoms with Gasteiger partial charge in [0.15, 0.2) is 0 Å². The molecule has 0 aromatic carbocycles. The van der Waals surface area contributed by atoms with Crippen LogP contribution in [0.5, 0.6) is 0 Å². The molecular weight excluding hydrogens is 252 g/mol. The summed E-state index contributed by atoms with van der Waals surface area (Å²) in [6, 6.07) is 0.254. The zero-order chi connectivity index (χ0) is 15.1. The van der Waals surface area contributed by atoms with Crippen LogP contribution >= 0.6 is 0 Å². The van der Waals surface area contributed by atoms with Crippen molar-refractivity contribution in [3.63, 3.8) is 0 Å². The molecule has 0 heterocycles. The van der Waals surface area contributed by atoms with Gasteiger partial charge in [0, 0.05) is 18.6 Å². The van der Waals surface area contributed by atoms with Gasteiger partial charge in [0.05, 0.1) is 6.10 Å². The first kappa shape index (κ1) is 17.3. The van der Waals surface area contributed by atoms with Crippen molar-refractivity contribution in [1.29, 1.82) is 0 Å². The van der Waals surface area contributed by atoms with Gasteiger partial charge in [0.25, 0.3) is 0 Å². The van der Waals surface area contributed by atoms with E-state index >= 15 is 0 Å². The molecule has 2 unspecified atom stereocenters. The first-order chi connectivity index (χ1) is 9.40. The van der Waals surface area contributed by atoms with E-state index in [1.165, 1.54) is 32.1 Å². The molecule has 0 aromatic heterocycles. The molecule has 1 fully saturated rings. The molecule has 4 nitrogen and oxygen atoms in total. The molecule has 20 heavy (non-hydrogen) atoms. The number of amides is 2. The number of nitrogens with one attached hydrogen (secondary N) is 1. The van der Waals surface area contributed by atoms with Crippen LogP contribution in [-0.2, 0) is 0 Å². The van der Waals surface area contributed by atoms with Crippen molar-refractivity contribution in [2.45, 2.75) is 84.4 Å². The monoisotopic (exact) mass is 284 g/mol. The van der Waals surface area contributed by atoms with Crippen molar-refractivity contribution in [2.24, 2.45) is 5.92 Å². The number of hydrogen-bond acceptors (Lipinski definition) is 2. The molecular formula is C16H32N2O2. The van der Waals surface area contributed by atoms with Crippen molar-refractivity contribution in [2.75, 3.05) is 6.54 Å². The van der Waals surface area contributed by atoms with Crippen LogP contribution < -0.4 is 5.32 Å². The Morgan fingerprint density at radius 2 is 1.85 bits per heavy atom. The van der Waals surface area contributed by atoms with E-state index in [9.17, 15) is 9.90 Å². The zero-order valence-electron chi connectivity index (χ0n) is 13.6. The second-order valence-corrected chi connectivity index (χ2v) is 6.67. The van der Waals surface area contributed by atoms with Crippen molar-refractivity contribution < 1.29 is 9.90 Å². The summed E-state index contributed by atoms with van der Waals surface area (Å²) < 4.78 is 0. The van der Waals surface area contributed by atoms with Gasteiger partial charge in [-0.15, -0.1) is 0 Å². The molecule has 1 aliphatic carbocycles. The van der Waals surface area contributed by atoms with Crippen LogP contribution in [0.4, 0.5) is 4.79 Å². The summed E-state index contributed by atoms with van der Waals surface area (Å²) in [5.41, 5.74) is 0. The van der Waals surface area contributed by atoms with E-state index < -0.39 is 6.10 Å². The predicted octanol–water partition coefficient (Wildman–Crippen LogP) is 3.15. The highest BCUT2D eigenvalue weighted by Crippen LogP contribution is 2.28. The fourth-order valence-electron chi connectivity index (χ4n) is 2.96. The van der Waals surface area contributed by atoms with Gasteiger partial charge in [0.1, 0.15) is 0 Å². The summed E-state index contributed by atoms with van der Waals surface area (Å²) in [6.07, 6.45) is 7.26. The topological polar surface area (TPSA) is 52.6 Å². The highest BCUT2D eigenvalue weighted by molar-refractivity contribution is 5.74. The lowest BCUT2D eigenvalue weighted by molar-refractivity contribution is 0.117. The molecule has 1 saturated carbocycles. The number of aliphatic hydroxyl groups is 1. The van der Waals surface area contributed by atoms with Gasteiger partial charge in [-0.05, 0) is 46.5 Å². The summed E-state index contributed by atoms with van der Waals surface area (Å²) >= 11 is 0. The molecule has 0 bridgehead atoms. The van der Waals surface area contributed by atoms with Gasteiger partial charge in [-0.25, -0.2) is 4.79 Å². The van der Waals surface area contributed by atoms with E-state index in [0.717, 1.165) is 12.3 Å². The average molecular weight is 284 g/mol. The number of nitrogens with zero attached hydrogens (tertiary/aromatic N) is 1. The van der Waals surface area contributed by atoms with Gasteiger partial charge >= 0.3 is 6.03 Å². The minimum absolute atomic E-state index is 0.0557. The number of carbonyl (C=O) groups is 1.